The number of hydrogen-bond acceptors (Lipinski definition) is 4. The fraction of sp³-hybridized carbons (Fsp3) is 0.556. The highest BCUT2D eigenvalue weighted by atomic mass is 16.7. The molecular weight excluding hydrogens is 320 g/mol. The molecule has 3 heterocycles. The van der Waals surface area contributed by atoms with Crippen LogP contribution >= 0.6 is 0 Å². The number of nitrogens with zero attached hydrogens (tertiary/aromatic N) is 2. The second-order valence-electron chi connectivity index (χ2n) is 7.07. The molecule has 7 nitrogen and oxygen atoms in total. The molecule has 1 aromatic carbocycles. The Bertz CT molecular complexity index is 706. The van der Waals surface area contributed by atoms with E-state index in [1.165, 1.54) is 0 Å². The summed E-state index contributed by atoms with van der Waals surface area (Å²) in [4.78, 5) is 18.4. The SMILES string of the molecule is CN=C(NCc1ccc2c(c1)OCO2)N1CCCC2(CNC(=O)C2)C1. The zero-order chi connectivity index (χ0) is 17.3. The molecule has 3 aliphatic heterocycles. The maximum Gasteiger partial charge on any atom is 0.231 e. The second-order valence-corrected chi connectivity index (χ2v) is 7.07. The number of hydrogen-bond donors (Lipinski definition) is 2. The number of rotatable bonds is 2. The summed E-state index contributed by atoms with van der Waals surface area (Å²) in [5, 5.41) is 6.43. The van der Waals surface area contributed by atoms with Crippen molar-refractivity contribution >= 4 is 11.9 Å². The van der Waals surface area contributed by atoms with Gasteiger partial charge in [0.1, 0.15) is 0 Å². The third-order valence-corrected chi connectivity index (χ3v) is 5.26. The molecule has 25 heavy (non-hydrogen) atoms. The molecule has 1 aromatic rings. The Morgan fingerprint density at radius 1 is 1.40 bits per heavy atom. The lowest BCUT2D eigenvalue weighted by Crippen LogP contribution is -2.51. The van der Waals surface area contributed by atoms with Gasteiger partial charge in [0.25, 0.3) is 0 Å². The van der Waals surface area contributed by atoms with Gasteiger partial charge in [-0.15, -0.1) is 0 Å². The minimum absolute atomic E-state index is 0.0612. The molecule has 4 rings (SSSR count). The lowest BCUT2D eigenvalue weighted by molar-refractivity contribution is -0.119. The first-order chi connectivity index (χ1) is 12.2. The number of guanidine groups is 1. The summed E-state index contributed by atoms with van der Waals surface area (Å²) in [6.45, 7) is 3.57. The van der Waals surface area contributed by atoms with Crippen molar-refractivity contribution in [2.24, 2.45) is 10.4 Å². The van der Waals surface area contributed by atoms with Gasteiger partial charge in [0.15, 0.2) is 17.5 Å². The Labute approximate surface area is 147 Å². The number of carbonyl (C=O) groups is 1. The van der Waals surface area contributed by atoms with Crippen LogP contribution in [0.25, 0.3) is 0 Å². The molecule has 0 saturated carbocycles. The summed E-state index contributed by atoms with van der Waals surface area (Å²) in [5.74, 6) is 2.65. The van der Waals surface area contributed by atoms with E-state index in [0.29, 0.717) is 13.0 Å². The number of benzene rings is 1. The van der Waals surface area contributed by atoms with Gasteiger partial charge >= 0.3 is 0 Å². The van der Waals surface area contributed by atoms with Gasteiger partial charge in [-0.2, -0.15) is 0 Å². The molecule has 0 aromatic heterocycles. The fourth-order valence-corrected chi connectivity index (χ4v) is 3.99. The molecule has 1 unspecified atom stereocenters. The number of likely N-dealkylation sites (tertiary alicyclic amines) is 1. The van der Waals surface area contributed by atoms with E-state index in [0.717, 1.165) is 55.5 Å². The monoisotopic (exact) mass is 344 g/mol. The fourth-order valence-electron chi connectivity index (χ4n) is 3.99. The van der Waals surface area contributed by atoms with Crippen LogP contribution in [-0.4, -0.2) is 50.2 Å². The molecule has 1 amide bonds. The molecule has 7 heteroatoms. The highest BCUT2D eigenvalue weighted by Gasteiger charge is 2.42. The smallest absolute Gasteiger partial charge is 0.231 e. The number of nitrogens with one attached hydrogen (secondary N) is 2. The van der Waals surface area contributed by atoms with Gasteiger partial charge in [0.2, 0.25) is 12.7 Å². The summed E-state index contributed by atoms with van der Waals surface area (Å²) in [6, 6.07) is 5.97. The maximum atomic E-state index is 11.7. The lowest BCUT2D eigenvalue weighted by atomic mass is 9.79. The van der Waals surface area contributed by atoms with Crippen LogP contribution in [0.1, 0.15) is 24.8 Å². The minimum Gasteiger partial charge on any atom is -0.454 e. The predicted molar refractivity (Wildman–Crippen MR) is 93.6 cm³/mol. The van der Waals surface area contributed by atoms with Gasteiger partial charge in [0, 0.05) is 45.1 Å². The molecule has 134 valence electrons. The van der Waals surface area contributed by atoms with E-state index in [1.54, 1.807) is 7.05 Å². The maximum absolute atomic E-state index is 11.7. The van der Waals surface area contributed by atoms with Gasteiger partial charge in [-0.05, 0) is 30.5 Å². The van der Waals surface area contributed by atoms with E-state index in [2.05, 4.69) is 20.5 Å². The van der Waals surface area contributed by atoms with Crippen molar-refractivity contribution in [2.45, 2.75) is 25.8 Å². The molecule has 1 atom stereocenters. The number of aliphatic imine (C=N–C) groups is 1. The third kappa shape index (κ3) is 3.23. The van der Waals surface area contributed by atoms with Crippen molar-refractivity contribution in [3.05, 3.63) is 23.8 Å². The zero-order valence-electron chi connectivity index (χ0n) is 14.5. The first-order valence-electron chi connectivity index (χ1n) is 8.78. The average Bonchev–Trinajstić information content (AvgIpc) is 3.22. The first-order valence-corrected chi connectivity index (χ1v) is 8.78. The molecule has 2 N–H and O–H groups in total. The minimum atomic E-state index is 0.0612. The van der Waals surface area contributed by atoms with Crippen LogP contribution < -0.4 is 20.1 Å². The molecular formula is C18H24N4O3. The summed E-state index contributed by atoms with van der Waals surface area (Å²) < 4.78 is 10.8. The van der Waals surface area contributed by atoms with Crippen LogP contribution in [0.5, 0.6) is 11.5 Å². The van der Waals surface area contributed by atoms with E-state index in [1.807, 2.05) is 18.2 Å². The molecule has 1 spiro atoms. The summed E-state index contributed by atoms with van der Waals surface area (Å²) >= 11 is 0. The highest BCUT2D eigenvalue weighted by Crippen LogP contribution is 2.36. The zero-order valence-corrected chi connectivity index (χ0v) is 14.5. The summed E-state index contributed by atoms with van der Waals surface area (Å²) in [7, 11) is 1.81. The van der Waals surface area contributed by atoms with Gasteiger partial charge in [-0.3, -0.25) is 9.79 Å². The van der Waals surface area contributed by atoms with E-state index >= 15 is 0 Å². The second kappa shape index (κ2) is 6.46. The number of ether oxygens (including phenoxy) is 2. The molecule has 0 radical (unpaired) electrons. The van der Waals surface area contributed by atoms with Crippen molar-refractivity contribution in [2.75, 3.05) is 33.5 Å². The molecule has 2 fully saturated rings. The summed E-state index contributed by atoms with van der Waals surface area (Å²) in [6.07, 6.45) is 2.81. The predicted octanol–water partition coefficient (Wildman–Crippen LogP) is 1.09. The molecule has 3 aliphatic rings. The van der Waals surface area contributed by atoms with Crippen molar-refractivity contribution in [3.63, 3.8) is 0 Å². The van der Waals surface area contributed by atoms with Gasteiger partial charge in [-0.25, -0.2) is 0 Å². The van der Waals surface area contributed by atoms with E-state index in [-0.39, 0.29) is 18.1 Å². The Balaban J connectivity index is 1.40. The Hall–Kier alpha value is -2.44. The lowest BCUT2D eigenvalue weighted by Gasteiger charge is -2.40. The van der Waals surface area contributed by atoms with Gasteiger partial charge < -0.3 is 25.0 Å². The van der Waals surface area contributed by atoms with Crippen molar-refractivity contribution in [1.29, 1.82) is 0 Å². The van der Waals surface area contributed by atoms with Crippen LogP contribution in [0.4, 0.5) is 0 Å². The molecule has 2 saturated heterocycles. The van der Waals surface area contributed by atoms with Gasteiger partial charge in [0.05, 0.1) is 0 Å². The number of fused-ring (bicyclic) bond motifs is 1. The largest absolute Gasteiger partial charge is 0.454 e. The number of amides is 1. The Morgan fingerprint density at radius 3 is 3.08 bits per heavy atom. The van der Waals surface area contributed by atoms with Crippen molar-refractivity contribution in [3.8, 4) is 11.5 Å². The van der Waals surface area contributed by atoms with Crippen LogP contribution in [0.15, 0.2) is 23.2 Å². The quantitative estimate of drug-likeness (QED) is 0.621. The average molecular weight is 344 g/mol. The van der Waals surface area contributed by atoms with Gasteiger partial charge in [-0.1, -0.05) is 6.07 Å². The molecule has 0 aliphatic carbocycles. The third-order valence-electron chi connectivity index (χ3n) is 5.26. The van der Waals surface area contributed by atoms with E-state index < -0.39 is 0 Å². The standard InChI is InChI=1S/C18H24N4O3/c1-19-17(20-9-13-3-4-14-15(7-13)25-12-24-14)22-6-2-5-18(11-22)8-16(23)21-10-18/h3-4,7H,2,5-6,8-12H2,1H3,(H,19,20)(H,21,23). The molecule has 0 bridgehead atoms. The highest BCUT2D eigenvalue weighted by molar-refractivity contribution is 5.81. The number of piperidine rings is 1. The van der Waals surface area contributed by atoms with Crippen LogP contribution in [0.3, 0.4) is 0 Å². The van der Waals surface area contributed by atoms with Crippen LogP contribution in [0.2, 0.25) is 0 Å². The normalized spacial score (nSPS) is 25.4. The topological polar surface area (TPSA) is 75.2 Å². The van der Waals surface area contributed by atoms with Crippen molar-refractivity contribution in [1.82, 2.24) is 15.5 Å². The van der Waals surface area contributed by atoms with E-state index in [4.69, 9.17) is 9.47 Å². The number of carbonyl (C=O) groups excluding carboxylic acids is 1. The van der Waals surface area contributed by atoms with E-state index in [9.17, 15) is 4.79 Å². The van der Waals surface area contributed by atoms with Crippen LogP contribution in [0, 0.1) is 5.41 Å². The summed E-state index contributed by atoms with van der Waals surface area (Å²) in [5.41, 5.74) is 1.18. The Kier molecular flexibility index (Phi) is 4.15. The van der Waals surface area contributed by atoms with Crippen molar-refractivity contribution < 1.29 is 14.3 Å². The van der Waals surface area contributed by atoms with Crippen LogP contribution in [-0.2, 0) is 11.3 Å². The Morgan fingerprint density at radius 2 is 2.28 bits per heavy atom. The first kappa shape index (κ1) is 16.1.